The molecule has 1 heterocycles. The summed E-state index contributed by atoms with van der Waals surface area (Å²) in [5.74, 6) is 0. The van der Waals surface area contributed by atoms with Crippen LogP contribution < -0.4 is 0 Å². The van der Waals surface area contributed by atoms with E-state index in [1.165, 1.54) is 0 Å². The van der Waals surface area contributed by atoms with Gasteiger partial charge in [0, 0.05) is 0 Å². The van der Waals surface area contributed by atoms with E-state index < -0.39 is 0 Å². The average molecular weight is 104 g/mol. The van der Waals surface area contributed by atoms with E-state index in [-0.39, 0.29) is 0 Å². The van der Waals surface area contributed by atoms with Crippen LogP contribution >= 0.6 is 11.6 Å². The van der Waals surface area contributed by atoms with Crippen molar-refractivity contribution in [1.29, 1.82) is 0 Å². The molecule has 32 valence electrons. The molecule has 0 aromatic rings. The Balaban J connectivity index is 2.45. The molecule has 0 aromatic carbocycles. The van der Waals surface area contributed by atoms with Gasteiger partial charge in [0.1, 0.15) is 5.17 Å². The van der Waals surface area contributed by atoms with E-state index in [1.54, 1.807) is 0 Å². The van der Waals surface area contributed by atoms with Gasteiger partial charge in [0.2, 0.25) is 6.61 Å². The van der Waals surface area contributed by atoms with Gasteiger partial charge in [-0.15, -0.1) is 0 Å². The molecule has 2 nitrogen and oxygen atoms in total. The van der Waals surface area contributed by atoms with Crippen molar-refractivity contribution in [3.05, 3.63) is 6.61 Å². The van der Waals surface area contributed by atoms with Crippen LogP contribution in [0.5, 0.6) is 0 Å². The van der Waals surface area contributed by atoms with Crippen molar-refractivity contribution in [2.24, 2.45) is 5.16 Å². The fraction of sp³-hybridized carbons (Fsp3) is 0.333. The van der Waals surface area contributed by atoms with E-state index in [0.717, 1.165) is 0 Å². The lowest BCUT2D eigenvalue weighted by atomic mass is 10.5. The molecule has 0 atom stereocenters. The quantitative estimate of drug-likeness (QED) is 0.448. The van der Waals surface area contributed by atoms with E-state index in [0.29, 0.717) is 11.6 Å². The number of oxime groups is 1. The Bertz CT molecular complexity index is 80.9. The lowest BCUT2D eigenvalue weighted by Crippen LogP contribution is -1.72. The van der Waals surface area contributed by atoms with Crippen LogP contribution in [0.2, 0.25) is 0 Å². The summed E-state index contributed by atoms with van der Waals surface area (Å²) in [7, 11) is 0. The minimum atomic E-state index is 0.468. The normalized spacial score (nSPS) is 19.8. The Morgan fingerprint density at radius 1 is 2.00 bits per heavy atom. The van der Waals surface area contributed by atoms with Crippen molar-refractivity contribution in [3.8, 4) is 0 Å². The van der Waals surface area contributed by atoms with Crippen LogP contribution in [0.25, 0.3) is 0 Å². The molecule has 0 fully saturated rings. The van der Waals surface area contributed by atoms with Gasteiger partial charge in [0.15, 0.2) is 0 Å². The maximum Gasteiger partial charge on any atom is 0.237 e. The maximum atomic E-state index is 5.27. The van der Waals surface area contributed by atoms with Gasteiger partial charge in [-0.3, -0.25) is 0 Å². The van der Waals surface area contributed by atoms with Gasteiger partial charge in [-0.05, 0) is 0 Å². The predicted molar refractivity (Wildman–Crippen MR) is 22.2 cm³/mol. The van der Waals surface area contributed by atoms with Crippen molar-refractivity contribution in [1.82, 2.24) is 0 Å². The third-order valence-electron chi connectivity index (χ3n) is 0.427. The molecule has 3 heteroatoms. The second-order valence-electron chi connectivity index (χ2n) is 0.880. The zero-order chi connectivity index (χ0) is 4.41. The molecule has 2 radical (unpaired) electrons. The summed E-state index contributed by atoms with van der Waals surface area (Å²) >= 11 is 5.27. The fourth-order valence-corrected chi connectivity index (χ4v) is 0.295. The number of halogens is 1. The molecule has 1 rings (SSSR count). The summed E-state index contributed by atoms with van der Waals surface area (Å²) < 4.78 is 0. The van der Waals surface area contributed by atoms with Gasteiger partial charge in [-0.2, -0.15) is 0 Å². The smallest absolute Gasteiger partial charge is 0.237 e. The molecule has 1 aliphatic rings. The molecule has 0 saturated carbocycles. The molecular weight excluding hydrogens is 101 g/mol. The fourth-order valence-electron chi connectivity index (χ4n) is 0.206. The highest BCUT2D eigenvalue weighted by molar-refractivity contribution is 6.65. The Kier molecular flexibility index (Phi) is 0.965. The molecule has 1 aliphatic heterocycles. The molecular formula is C3H2ClNO. The first-order valence-electron chi connectivity index (χ1n) is 1.51. The van der Waals surface area contributed by atoms with Gasteiger partial charge in [-0.25, -0.2) is 0 Å². The zero-order valence-corrected chi connectivity index (χ0v) is 3.70. The van der Waals surface area contributed by atoms with E-state index in [4.69, 9.17) is 11.6 Å². The third kappa shape index (κ3) is 0.627. The first-order valence-corrected chi connectivity index (χ1v) is 1.88. The molecule has 6 heavy (non-hydrogen) atoms. The topological polar surface area (TPSA) is 21.6 Å². The summed E-state index contributed by atoms with van der Waals surface area (Å²) in [6.07, 6.45) is 0.529. The van der Waals surface area contributed by atoms with Gasteiger partial charge in [0.05, 0.1) is 6.42 Å². The van der Waals surface area contributed by atoms with E-state index in [1.807, 2.05) is 0 Å². The highest BCUT2D eigenvalue weighted by Crippen LogP contribution is 2.05. The molecule has 0 amide bonds. The van der Waals surface area contributed by atoms with Crippen molar-refractivity contribution in [2.75, 3.05) is 0 Å². The summed E-state index contributed by atoms with van der Waals surface area (Å²) in [6.45, 7) is 2.44. The lowest BCUT2D eigenvalue weighted by molar-refractivity contribution is 0.234. The number of rotatable bonds is 0. The third-order valence-corrected chi connectivity index (χ3v) is 0.630. The van der Waals surface area contributed by atoms with E-state index in [9.17, 15) is 0 Å². The zero-order valence-electron chi connectivity index (χ0n) is 2.94. The first-order chi connectivity index (χ1) is 2.89. The van der Waals surface area contributed by atoms with Crippen LogP contribution in [0.4, 0.5) is 0 Å². The van der Waals surface area contributed by atoms with Crippen LogP contribution in [0.3, 0.4) is 0 Å². The Hall–Kier alpha value is -0.240. The second kappa shape index (κ2) is 1.47. The highest BCUT2D eigenvalue weighted by atomic mass is 35.5. The number of hydrogen-bond donors (Lipinski definition) is 0. The monoisotopic (exact) mass is 103 g/mol. The molecule has 0 unspecified atom stereocenters. The van der Waals surface area contributed by atoms with Gasteiger partial charge in [0.25, 0.3) is 0 Å². The first kappa shape index (κ1) is 3.93. The Labute approximate surface area is 40.7 Å². The maximum absolute atomic E-state index is 5.27. The van der Waals surface area contributed by atoms with E-state index >= 15 is 0 Å². The number of hydrogen-bond acceptors (Lipinski definition) is 2. The molecule has 0 aliphatic carbocycles. The van der Waals surface area contributed by atoms with Gasteiger partial charge >= 0.3 is 0 Å². The van der Waals surface area contributed by atoms with Crippen LogP contribution in [0, 0.1) is 6.61 Å². The van der Waals surface area contributed by atoms with Crippen LogP contribution in [-0.2, 0) is 4.84 Å². The average Bonchev–Trinajstić information content (AvgIpc) is 1.86. The van der Waals surface area contributed by atoms with Crippen molar-refractivity contribution in [2.45, 2.75) is 6.42 Å². The van der Waals surface area contributed by atoms with Crippen molar-refractivity contribution >= 4 is 16.8 Å². The van der Waals surface area contributed by atoms with Gasteiger partial charge in [-0.1, -0.05) is 16.8 Å². The standard InChI is InChI=1S/C3H2ClNO/c4-3-1-2-6-5-3/h1H2. The van der Waals surface area contributed by atoms with Crippen LogP contribution in [0.15, 0.2) is 5.16 Å². The minimum absolute atomic E-state index is 0.468. The van der Waals surface area contributed by atoms with E-state index in [2.05, 4.69) is 16.6 Å². The summed E-state index contributed by atoms with van der Waals surface area (Å²) in [4.78, 5) is 4.26. The molecule has 0 bridgehead atoms. The SMILES string of the molecule is ClC1=NO[C]C1. The van der Waals surface area contributed by atoms with Crippen molar-refractivity contribution in [3.63, 3.8) is 0 Å². The highest BCUT2D eigenvalue weighted by Gasteiger charge is 2.03. The number of nitrogens with zero attached hydrogens (tertiary/aromatic N) is 1. The summed E-state index contributed by atoms with van der Waals surface area (Å²) in [5.41, 5.74) is 0. The second-order valence-corrected chi connectivity index (χ2v) is 1.32. The molecule has 0 spiro atoms. The Morgan fingerprint density at radius 2 is 2.83 bits per heavy atom. The summed E-state index contributed by atoms with van der Waals surface area (Å²) in [6, 6.07) is 0. The van der Waals surface area contributed by atoms with Crippen LogP contribution in [-0.4, -0.2) is 5.17 Å². The Morgan fingerprint density at radius 3 is 3.00 bits per heavy atom. The lowest BCUT2D eigenvalue weighted by Gasteiger charge is -1.71. The van der Waals surface area contributed by atoms with Gasteiger partial charge < -0.3 is 4.84 Å². The minimum Gasteiger partial charge on any atom is -0.378 e. The predicted octanol–water partition coefficient (Wildman–Crippen LogP) is 0.998. The molecule has 0 aromatic heterocycles. The van der Waals surface area contributed by atoms with Crippen molar-refractivity contribution < 1.29 is 4.84 Å². The van der Waals surface area contributed by atoms with Crippen LogP contribution in [0.1, 0.15) is 6.42 Å². The molecule has 0 saturated heterocycles. The summed E-state index contributed by atoms with van der Waals surface area (Å²) in [5, 5.41) is 3.77. The largest absolute Gasteiger partial charge is 0.378 e. The molecule has 0 N–H and O–H groups in total.